The lowest BCUT2D eigenvalue weighted by atomic mass is 10.2. The molecule has 0 spiro atoms. The quantitative estimate of drug-likeness (QED) is 0.481. The highest BCUT2D eigenvalue weighted by molar-refractivity contribution is 9.09. The van der Waals surface area contributed by atoms with Gasteiger partial charge in [-0.1, -0.05) is 27.3 Å². The number of anilines is 1. The number of hydrogen-bond donors (Lipinski definition) is 0. The Morgan fingerprint density at radius 3 is 3.00 bits per heavy atom. The third-order valence-corrected chi connectivity index (χ3v) is 5.20. The van der Waals surface area contributed by atoms with Gasteiger partial charge in [-0.05, 0) is 12.0 Å². The second-order valence-corrected chi connectivity index (χ2v) is 6.29. The summed E-state index contributed by atoms with van der Waals surface area (Å²) in [5.74, 6) is 0.354. The maximum absolute atomic E-state index is 12.0. The standard InChI is InChI=1S/C12H10BrN3O3S/c13-5-7-3-11(17)15(6-7)12-14-9-4-8(16(18)19)1-2-10(9)20-12/h1-2,4,7H,3,5-6H2. The van der Waals surface area contributed by atoms with Crippen molar-refractivity contribution in [1.29, 1.82) is 0 Å². The van der Waals surface area contributed by atoms with Crippen LogP contribution in [0.15, 0.2) is 18.2 Å². The van der Waals surface area contributed by atoms with Crippen molar-refractivity contribution < 1.29 is 9.72 Å². The first kappa shape index (κ1) is 13.4. The molecule has 0 bridgehead atoms. The van der Waals surface area contributed by atoms with Gasteiger partial charge >= 0.3 is 0 Å². The van der Waals surface area contributed by atoms with Gasteiger partial charge in [0, 0.05) is 30.4 Å². The second kappa shape index (κ2) is 5.10. The van der Waals surface area contributed by atoms with E-state index in [0.717, 1.165) is 10.0 Å². The fourth-order valence-electron chi connectivity index (χ4n) is 2.20. The van der Waals surface area contributed by atoms with Crippen molar-refractivity contribution in [2.24, 2.45) is 5.92 Å². The summed E-state index contributed by atoms with van der Waals surface area (Å²) in [4.78, 5) is 28.3. The van der Waals surface area contributed by atoms with Gasteiger partial charge in [0.25, 0.3) is 5.69 Å². The molecule has 2 aromatic rings. The molecular formula is C12H10BrN3O3S. The summed E-state index contributed by atoms with van der Waals surface area (Å²) in [6.45, 7) is 0.645. The lowest BCUT2D eigenvalue weighted by Crippen LogP contribution is -2.24. The Morgan fingerprint density at radius 1 is 1.55 bits per heavy atom. The van der Waals surface area contributed by atoms with Crippen LogP contribution >= 0.6 is 27.3 Å². The highest BCUT2D eigenvalue weighted by atomic mass is 79.9. The molecule has 1 aliphatic heterocycles. The maximum Gasteiger partial charge on any atom is 0.271 e. The van der Waals surface area contributed by atoms with Crippen LogP contribution in [0.3, 0.4) is 0 Å². The SMILES string of the molecule is O=C1CC(CBr)CN1c1nc2cc([N+](=O)[O-])ccc2s1. The number of carbonyl (C=O) groups excluding carboxylic acids is 1. The van der Waals surface area contributed by atoms with Crippen LogP contribution in [0.4, 0.5) is 10.8 Å². The molecule has 6 nitrogen and oxygen atoms in total. The lowest BCUT2D eigenvalue weighted by molar-refractivity contribution is -0.384. The first-order valence-corrected chi connectivity index (χ1v) is 7.93. The Kier molecular flexibility index (Phi) is 3.43. The molecule has 104 valence electrons. The molecule has 1 fully saturated rings. The molecule has 3 rings (SSSR count). The Labute approximate surface area is 126 Å². The third kappa shape index (κ3) is 2.29. The number of amides is 1. The van der Waals surface area contributed by atoms with Gasteiger partial charge < -0.3 is 0 Å². The predicted octanol–water partition coefficient (Wildman–Crippen LogP) is 2.95. The van der Waals surface area contributed by atoms with Gasteiger partial charge in [0.1, 0.15) is 0 Å². The molecule has 1 aliphatic rings. The van der Waals surface area contributed by atoms with Crippen LogP contribution in [0.25, 0.3) is 10.2 Å². The summed E-state index contributed by atoms with van der Waals surface area (Å²) in [5, 5.41) is 12.2. The molecule has 1 amide bonds. The largest absolute Gasteiger partial charge is 0.288 e. The van der Waals surface area contributed by atoms with Crippen LogP contribution in [0, 0.1) is 16.0 Å². The molecule has 1 atom stereocenters. The number of fused-ring (bicyclic) bond motifs is 1. The van der Waals surface area contributed by atoms with E-state index in [1.165, 1.54) is 23.5 Å². The number of nitro groups is 1. The molecule has 0 N–H and O–H groups in total. The number of thiazole rings is 1. The van der Waals surface area contributed by atoms with E-state index < -0.39 is 4.92 Å². The molecule has 1 unspecified atom stereocenters. The first-order chi connectivity index (χ1) is 9.58. The highest BCUT2D eigenvalue weighted by Crippen LogP contribution is 2.34. The Morgan fingerprint density at radius 2 is 2.35 bits per heavy atom. The molecule has 0 aliphatic carbocycles. The van der Waals surface area contributed by atoms with Gasteiger partial charge in [-0.3, -0.25) is 19.8 Å². The van der Waals surface area contributed by atoms with Gasteiger partial charge in [0.2, 0.25) is 5.91 Å². The third-order valence-electron chi connectivity index (χ3n) is 3.22. The van der Waals surface area contributed by atoms with Crippen LogP contribution < -0.4 is 4.90 Å². The Bertz CT molecular complexity index is 702. The fraction of sp³-hybridized carbons (Fsp3) is 0.333. The van der Waals surface area contributed by atoms with Crippen LogP contribution in [0.5, 0.6) is 0 Å². The number of carbonyl (C=O) groups is 1. The van der Waals surface area contributed by atoms with E-state index in [1.54, 1.807) is 11.0 Å². The van der Waals surface area contributed by atoms with E-state index >= 15 is 0 Å². The average molecular weight is 356 g/mol. The van der Waals surface area contributed by atoms with Crippen molar-refractivity contribution in [3.8, 4) is 0 Å². The number of rotatable bonds is 3. The molecule has 0 radical (unpaired) electrons. The van der Waals surface area contributed by atoms with Crippen molar-refractivity contribution in [3.05, 3.63) is 28.3 Å². The maximum atomic E-state index is 12.0. The van der Waals surface area contributed by atoms with E-state index in [4.69, 9.17) is 0 Å². The van der Waals surface area contributed by atoms with Gasteiger partial charge in [0.15, 0.2) is 5.13 Å². The Hall–Kier alpha value is -1.54. The molecule has 1 saturated heterocycles. The number of benzene rings is 1. The van der Waals surface area contributed by atoms with E-state index in [-0.39, 0.29) is 11.6 Å². The number of alkyl halides is 1. The van der Waals surface area contributed by atoms with Crippen LogP contribution in [-0.2, 0) is 4.79 Å². The monoisotopic (exact) mass is 355 g/mol. The van der Waals surface area contributed by atoms with Crippen LogP contribution in [-0.4, -0.2) is 27.7 Å². The van der Waals surface area contributed by atoms with Gasteiger partial charge in [-0.2, -0.15) is 0 Å². The molecular weight excluding hydrogens is 346 g/mol. The number of nitrogens with zero attached hydrogens (tertiary/aromatic N) is 3. The minimum atomic E-state index is -0.444. The smallest absolute Gasteiger partial charge is 0.271 e. The topological polar surface area (TPSA) is 76.3 Å². The summed E-state index contributed by atoms with van der Waals surface area (Å²) in [5.41, 5.74) is 0.578. The van der Waals surface area contributed by atoms with E-state index in [9.17, 15) is 14.9 Å². The molecule has 1 aromatic heterocycles. The number of aromatic nitrogens is 1. The van der Waals surface area contributed by atoms with Crippen molar-refractivity contribution in [2.45, 2.75) is 6.42 Å². The van der Waals surface area contributed by atoms with Gasteiger partial charge in [0.05, 0.1) is 15.1 Å². The summed E-state index contributed by atoms with van der Waals surface area (Å²) in [7, 11) is 0. The number of halogens is 1. The van der Waals surface area contributed by atoms with Crippen molar-refractivity contribution in [2.75, 3.05) is 16.8 Å². The van der Waals surface area contributed by atoms with Crippen molar-refractivity contribution >= 4 is 54.2 Å². The summed E-state index contributed by atoms with van der Waals surface area (Å²) >= 11 is 4.78. The molecule has 1 aromatic carbocycles. The predicted molar refractivity (Wildman–Crippen MR) is 80.5 cm³/mol. The van der Waals surface area contributed by atoms with Gasteiger partial charge in [-0.15, -0.1) is 0 Å². The second-order valence-electron chi connectivity index (χ2n) is 4.63. The first-order valence-electron chi connectivity index (χ1n) is 6.00. The van der Waals surface area contributed by atoms with Crippen LogP contribution in [0.1, 0.15) is 6.42 Å². The van der Waals surface area contributed by atoms with E-state index in [1.807, 2.05) is 0 Å². The fourth-order valence-corrected chi connectivity index (χ4v) is 3.61. The molecule has 0 saturated carbocycles. The minimum Gasteiger partial charge on any atom is -0.288 e. The zero-order chi connectivity index (χ0) is 14.3. The Balaban J connectivity index is 1.97. The minimum absolute atomic E-state index is 0.0143. The summed E-state index contributed by atoms with van der Waals surface area (Å²) in [6, 6.07) is 4.58. The zero-order valence-corrected chi connectivity index (χ0v) is 12.7. The van der Waals surface area contributed by atoms with Crippen molar-refractivity contribution in [1.82, 2.24) is 4.98 Å². The van der Waals surface area contributed by atoms with Crippen LogP contribution in [0.2, 0.25) is 0 Å². The molecule has 20 heavy (non-hydrogen) atoms. The number of non-ortho nitro benzene ring substituents is 1. The lowest BCUT2D eigenvalue weighted by Gasteiger charge is -2.11. The zero-order valence-electron chi connectivity index (χ0n) is 10.3. The summed E-state index contributed by atoms with van der Waals surface area (Å²) < 4.78 is 0.848. The molecule has 2 heterocycles. The van der Waals surface area contributed by atoms with E-state index in [0.29, 0.717) is 29.5 Å². The summed E-state index contributed by atoms with van der Waals surface area (Å²) in [6.07, 6.45) is 0.515. The van der Waals surface area contributed by atoms with Gasteiger partial charge in [-0.25, -0.2) is 4.98 Å². The highest BCUT2D eigenvalue weighted by Gasteiger charge is 2.31. The average Bonchev–Trinajstić information content (AvgIpc) is 3.00. The normalized spacial score (nSPS) is 18.9. The van der Waals surface area contributed by atoms with E-state index in [2.05, 4.69) is 20.9 Å². The number of nitro benzene ring substituents is 1. The molecule has 8 heteroatoms. The van der Waals surface area contributed by atoms with Crippen molar-refractivity contribution in [3.63, 3.8) is 0 Å². The number of hydrogen-bond acceptors (Lipinski definition) is 5.